The minimum Gasteiger partial charge on any atom is -0.0890 e. The van der Waals surface area contributed by atoms with Crippen LogP contribution < -0.4 is 0 Å². The Balaban J connectivity index is 2.15. The van der Waals surface area contributed by atoms with Crippen LogP contribution in [0.3, 0.4) is 0 Å². The van der Waals surface area contributed by atoms with Crippen molar-refractivity contribution in [1.29, 1.82) is 0 Å². The molecule has 0 bridgehead atoms. The highest BCUT2D eigenvalue weighted by Gasteiger charge is 2.23. The molecule has 2 atom stereocenters. The van der Waals surface area contributed by atoms with Gasteiger partial charge in [0, 0.05) is 4.83 Å². The highest BCUT2D eigenvalue weighted by Crippen LogP contribution is 2.38. The van der Waals surface area contributed by atoms with Gasteiger partial charge in [-0.25, -0.2) is 0 Å². The van der Waals surface area contributed by atoms with E-state index in [0.29, 0.717) is 0 Å². The Morgan fingerprint density at radius 1 is 1.36 bits per heavy atom. The third-order valence-electron chi connectivity index (χ3n) is 3.20. The van der Waals surface area contributed by atoms with Crippen molar-refractivity contribution in [2.45, 2.75) is 43.4 Å². The first-order chi connectivity index (χ1) is 6.79. The summed E-state index contributed by atoms with van der Waals surface area (Å²) in [7, 11) is 0. The highest BCUT2D eigenvalue weighted by molar-refractivity contribution is 9.09. The molecule has 76 valence electrons. The van der Waals surface area contributed by atoms with Crippen LogP contribution in [-0.4, -0.2) is 4.83 Å². The molecule has 1 aromatic carbocycles. The first-order valence-electron chi connectivity index (χ1n) is 5.52. The van der Waals surface area contributed by atoms with Crippen molar-refractivity contribution in [3.8, 4) is 0 Å². The van der Waals surface area contributed by atoms with Gasteiger partial charge in [-0.2, -0.15) is 0 Å². The van der Waals surface area contributed by atoms with Crippen LogP contribution in [0.4, 0.5) is 0 Å². The van der Waals surface area contributed by atoms with Crippen LogP contribution >= 0.6 is 15.9 Å². The molecular formula is C13H17Br. The standard InChI is InChI=1S/C13H17Br/c1-2-10-4-3-5-11(8-10)12-6-7-13(14)9-12/h3-5,8,12-13H,2,6-7,9H2,1H3. The fourth-order valence-electron chi connectivity index (χ4n) is 2.30. The molecule has 0 heterocycles. The molecule has 0 saturated heterocycles. The Morgan fingerprint density at radius 2 is 2.21 bits per heavy atom. The molecule has 1 saturated carbocycles. The third-order valence-corrected chi connectivity index (χ3v) is 4.03. The zero-order chi connectivity index (χ0) is 9.97. The van der Waals surface area contributed by atoms with Gasteiger partial charge in [0.2, 0.25) is 0 Å². The Hall–Kier alpha value is -0.300. The molecule has 0 radical (unpaired) electrons. The highest BCUT2D eigenvalue weighted by atomic mass is 79.9. The van der Waals surface area contributed by atoms with Crippen molar-refractivity contribution in [1.82, 2.24) is 0 Å². The van der Waals surface area contributed by atoms with Gasteiger partial charge in [0.15, 0.2) is 0 Å². The fraction of sp³-hybridized carbons (Fsp3) is 0.538. The van der Waals surface area contributed by atoms with E-state index in [0.717, 1.165) is 17.2 Å². The van der Waals surface area contributed by atoms with Crippen LogP contribution in [0.1, 0.15) is 43.2 Å². The second-order valence-electron chi connectivity index (χ2n) is 4.21. The first-order valence-corrected chi connectivity index (χ1v) is 6.44. The maximum absolute atomic E-state index is 3.71. The Morgan fingerprint density at radius 3 is 2.86 bits per heavy atom. The molecule has 14 heavy (non-hydrogen) atoms. The lowest BCUT2D eigenvalue weighted by atomic mass is 9.95. The van der Waals surface area contributed by atoms with Crippen molar-refractivity contribution in [2.75, 3.05) is 0 Å². The molecule has 1 heteroatoms. The quantitative estimate of drug-likeness (QED) is 0.690. The minimum absolute atomic E-state index is 0.748. The SMILES string of the molecule is CCc1cccc(C2CCC(Br)C2)c1. The molecule has 1 aliphatic carbocycles. The molecule has 0 spiro atoms. The van der Waals surface area contributed by atoms with E-state index in [9.17, 15) is 0 Å². The number of aryl methyl sites for hydroxylation is 1. The molecule has 1 aromatic rings. The second-order valence-corrected chi connectivity index (χ2v) is 5.50. The number of hydrogen-bond acceptors (Lipinski definition) is 0. The number of alkyl halides is 1. The average molecular weight is 253 g/mol. The number of rotatable bonds is 2. The van der Waals surface area contributed by atoms with Gasteiger partial charge in [0.1, 0.15) is 0 Å². The minimum atomic E-state index is 0.748. The van der Waals surface area contributed by atoms with E-state index in [-0.39, 0.29) is 0 Å². The number of hydrogen-bond donors (Lipinski definition) is 0. The Bertz CT molecular complexity index is 306. The zero-order valence-electron chi connectivity index (χ0n) is 8.67. The van der Waals surface area contributed by atoms with Gasteiger partial charge in [0.25, 0.3) is 0 Å². The lowest BCUT2D eigenvalue weighted by molar-refractivity contribution is 0.724. The smallest absolute Gasteiger partial charge is 0.0151 e. The van der Waals surface area contributed by atoms with Gasteiger partial charge in [-0.15, -0.1) is 0 Å². The molecule has 0 aromatic heterocycles. The zero-order valence-corrected chi connectivity index (χ0v) is 10.3. The van der Waals surface area contributed by atoms with E-state index < -0.39 is 0 Å². The molecule has 1 aliphatic rings. The van der Waals surface area contributed by atoms with Crippen LogP contribution in [0.15, 0.2) is 24.3 Å². The fourth-order valence-corrected chi connectivity index (χ4v) is 3.01. The van der Waals surface area contributed by atoms with Crippen LogP contribution in [0, 0.1) is 0 Å². The molecule has 2 rings (SSSR count). The lowest BCUT2D eigenvalue weighted by Gasteiger charge is -2.10. The molecule has 0 nitrogen and oxygen atoms in total. The van der Waals surface area contributed by atoms with Crippen molar-refractivity contribution < 1.29 is 0 Å². The van der Waals surface area contributed by atoms with Crippen LogP contribution in [0.5, 0.6) is 0 Å². The Kier molecular flexibility index (Phi) is 3.27. The molecular weight excluding hydrogens is 236 g/mol. The van der Waals surface area contributed by atoms with Crippen molar-refractivity contribution in [3.05, 3.63) is 35.4 Å². The summed E-state index contributed by atoms with van der Waals surface area (Å²) in [6.07, 6.45) is 5.15. The van der Waals surface area contributed by atoms with Crippen LogP contribution in [0.2, 0.25) is 0 Å². The van der Waals surface area contributed by atoms with Gasteiger partial charge >= 0.3 is 0 Å². The van der Waals surface area contributed by atoms with E-state index in [2.05, 4.69) is 47.1 Å². The normalized spacial score (nSPS) is 26.7. The molecule has 0 amide bonds. The molecule has 0 N–H and O–H groups in total. The summed E-state index contributed by atoms with van der Waals surface area (Å²) in [6.45, 7) is 2.22. The summed E-state index contributed by atoms with van der Waals surface area (Å²) in [5.74, 6) is 0.797. The van der Waals surface area contributed by atoms with Gasteiger partial charge in [-0.3, -0.25) is 0 Å². The summed E-state index contributed by atoms with van der Waals surface area (Å²) in [6, 6.07) is 9.10. The maximum atomic E-state index is 3.71. The van der Waals surface area contributed by atoms with Crippen LogP contribution in [-0.2, 0) is 6.42 Å². The predicted octanol–water partition coefficient (Wildman–Crippen LogP) is 4.28. The molecule has 2 unspecified atom stereocenters. The van der Waals surface area contributed by atoms with Crippen molar-refractivity contribution >= 4 is 15.9 Å². The van der Waals surface area contributed by atoms with E-state index >= 15 is 0 Å². The monoisotopic (exact) mass is 252 g/mol. The van der Waals surface area contributed by atoms with E-state index in [4.69, 9.17) is 0 Å². The number of benzene rings is 1. The summed E-state index contributed by atoms with van der Waals surface area (Å²) in [5, 5.41) is 0. The largest absolute Gasteiger partial charge is 0.0890 e. The van der Waals surface area contributed by atoms with Gasteiger partial charge in [-0.05, 0) is 42.7 Å². The first kappa shape index (κ1) is 10.2. The third kappa shape index (κ3) is 2.20. The molecule has 0 aliphatic heterocycles. The predicted molar refractivity (Wildman–Crippen MR) is 65.1 cm³/mol. The van der Waals surface area contributed by atoms with Gasteiger partial charge in [-0.1, -0.05) is 47.1 Å². The van der Waals surface area contributed by atoms with Gasteiger partial charge < -0.3 is 0 Å². The molecule has 1 fully saturated rings. The summed E-state index contributed by atoms with van der Waals surface area (Å²) in [4.78, 5) is 0.748. The topological polar surface area (TPSA) is 0 Å². The second kappa shape index (κ2) is 4.48. The van der Waals surface area contributed by atoms with Gasteiger partial charge in [0.05, 0.1) is 0 Å². The van der Waals surface area contributed by atoms with Crippen molar-refractivity contribution in [3.63, 3.8) is 0 Å². The summed E-state index contributed by atoms with van der Waals surface area (Å²) >= 11 is 3.71. The summed E-state index contributed by atoms with van der Waals surface area (Å²) in [5.41, 5.74) is 3.02. The number of halogens is 1. The van der Waals surface area contributed by atoms with E-state index in [1.165, 1.54) is 24.8 Å². The average Bonchev–Trinajstić information content (AvgIpc) is 2.65. The maximum Gasteiger partial charge on any atom is 0.0151 e. The Labute approximate surface area is 94.8 Å². The van der Waals surface area contributed by atoms with Crippen molar-refractivity contribution in [2.24, 2.45) is 0 Å². The lowest BCUT2D eigenvalue weighted by Crippen LogP contribution is -1.95. The summed E-state index contributed by atoms with van der Waals surface area (Å²) < 4.78 is 0. The van der Waals surface area contributed by atoms with Crippen LogP contribution in [0.25, 0.3) is 0 Å². The van der Waals surface area contributed by atoms with E-state index in [1.807, 2.05) is 0 Å². The van der Waals surface area contributed by atoms with E-state index in [1.54, 1.807) is 5.56 Å².